The second-order valence-corrected chi connectivity index (χ2v) is 4.80. The number of carbonyl (C=O) groups is 1. The third-order valence-electron chi connectivity index (χ3n) is 3.44. The molecule has 1 aromatic heterocycles. The fourth-order valence-corrected chi connectivity index (χ4v) is 1.92. The molecule has 2 rings (SSSR count). The smallest absolute Gasteiger partial charge is 0.295 e. The lowest BCUT2D eigenvalue weighted by atomic mass is 10.0. The summed E-state index contributed by atoms with van der Waals surface area (Å²) in [6.45, 7) is 3.74. The van der Waals surface area contributed by atoms with Crippen molar-refractivity contribution >= 4 is 22.4 Å². The van der Waals surface area contributed by atoms with Gasteiger partial charge in [0, 0.05) is 23.6 Å². The van der Waals surface area contributed by atoms with E-state index in [1.807, 2.05) is 13.8 Å². The minimum atomic E-state index is -0.483. The summed E-state index contributed by atoms with van der Waals surface area (Å²) in [6.07, 6.45) is 2.24. The average molecular weight is 288 g/mol. The molecule has 0 spiro atoms. The molecule has 1 unspecified atom stereocenters. The lowest BCUT2D eigenvalue weighted by molar-refractivity contribution is -0.383. The van der Waals surface area contributed by atoms with Gasteiger partial charge in [0.1, 0.15) is 12.4 Å². The van der Waals surface area contributed by atoms with Crippen LogP contribution in [0.25, 0.3) is 10.9 Å². The Hall–Kier alpha value is -2.50. The SMILES string of the molecule is CCC(C)C(=O)COc1ccc([N+](=O)[O-])c2ncccc12. The first kappa shape index (κ1) is 14.9. The molecule has 0 radical (unpaired) electrons. The zero-order chi connectivity index (χ0) is 15.4. The highest BCUT2D eigenvalue weighted by Gasteiger charge is 2.17. The van der Waals surface area contributed by atoms with Gasteiger partial charge in [0.15, 0.2) is 11.3 Å². The summed E-state index contributed by atoms with van der Waals surface area (Å²) in [5.41, 5.74) is 0.183. The van der Waals surface area contributed by atoms with Gasteiger partial charge in [-0.25, -0.2) is 4.98 Å². The van der Waals surface area contributed by atoms with Crippen LogP contribution in [0.3, 0.4) is 0 Å². The maximum Gasteiger partial charge on any atom is 0.295 e. The summed E-state index contributed by atoms with van der Waals surface area (Å²) < 4.78 is 5.53. The highest BCUT2D eigenvalue weighted by molar-refractivity contribution is 5.92. The first-order chi connectivity index (χ1) is 10.0. The summed E-state index contributed by atoms with van der Waals surface area (Å²) in [6, 6.07) is 6.22. The minimum Gasteiger partial charge on any atom is -0.485 e. The van der Waals surface area contributed by atoms with Crippen LogP contribution in [0.15, 0.2) is 30.5 Å². The Morgan fingerprint density at radius 3 is 2.86 bits per heavy atom. The molecule has 0 aliphatic rings. The monoisotopic (exact) mass is 288 g/mol. The van der Waals surface area contributed by atoms with E-state index in [0.717, 1.165) is 6.42 Å². The molecule has 1 heterocycles. The average Bonchev–Trinajstić information content (AvgIpc) is 2.51. The highest BCUT2D eigenvalue weighted by Crippen LogP contribution is 2.31. The van der Waals surface area contributed by atoms with Gasteiger partial charge in [0.25, 0.3) is 5.69 Å². The predicted octanol–water partition coefficient (Wildman–Crippen LogP) is 3.14. The zero-order valence-corrected chi connectivity index (χ0v) is 11.9. The molecule has 0 N–H and O–H groups in total. The first-order valence-electron chi connectivity index (χ1n) is 6.72. The number of hydrogen-bond acceptors (Lipinski definition) is 5. The maximum atomic E-state index is 11.8. The van der Waals surface area contributed by atoms with E-state index < -0.39 is 4.92 Å². The van der Waals surface area contributed by atoms with E-state index in [2.05, 4.69) is 4.98 Å². The molecule has 6 nitrogen and oxygen atoms in total. The molecule has 110 valence electrons. The van der Waals surface area contributed by atoms with Gasteiger partial charge in [-0.1, -0.05) is 13.8 Å². The minimum absolute atomic E-state index is 0.00731. The number of ketones is 1. The number of nitrogens with zero attached hydrogens (tertiary/aromatic N) is 2. The second-order valence-electron chi connectivity index (χ2n) is 4.80. The molecule has 1 aromatic carbocycles. The van der Waals surface area contributed by atoms with Gasteiger partial charge in [0.05, 0.1) is 4.92 Å². The van der Waals surface area contributed by atoms with Gasteiger partial charge in [-0.15, -0.1) is 0 Å². The van der Waals surface area contributed by atoms with Gasteiger partial charge in [-0.05, 0) is 24.6 Å². The zero-order valence-electron chi connectivity index (χ0n) is 11.9. The number of non-ortho nitro benzene ring substituents is 1. The standard InChI is InChI=1S/C15H16N2O4/c1-3-10(2)13(18)9-21-14-7-6-12(17(19)20)15-11(14)5-4-8-16-15/h4-8,10H,3,9H2,1-2H3. The van der Waals surface area contributed by atoms with Crippen molar-refractivity contribution in [3.63, 3.8) is 0 Å². The van der Waals surface area contributed by atoms with E-state index in [9.17, 15) is 14.9 Å². The normalized spacial score (nSPS) is 12.1. The Morgan fingerprint density at radius 2 is 2.19 bits per heavy atom. The summed E-state index contributed by atoms with van der Waals surface area (Å²) in [4.78, 5) is 26.4. The van der Waals surface area contributed by atoms with Gasteiger partial charge >= 0.3 is 0 Å². The lowest BCUT2D eigenvalue weighted by Crippen LogP contribution is -2.18. The van der Waals surface area contributed by atoms with Crippen molar-refractivity contribution in [2.75, 3.05) is 6.61 Å². The van der Waals surface area contributed by atoms with E-state index in [-0.39, 0.29) is 29.5 Å². The number of hydrogen-bond donors (Lipinski definition) is 0. The van der Waals surface area contributed by atoms with Crippen LogP contribution in [0.5, 0.6) is 5.75 Å². The van der Waals surface area contributed by atoms with Gasteiger partial charge in [0.2, 0.25) is 0 Å². The number of carbonyl (C=O) groups excluding carboxylic acids is 1. The molecule has 0 saturated carbocycles. The molecule has 6 heteroatoms. The second kappa shape index (κ2) is 6.30. The molecule has 0 aliphatic carbocycles. The van der Waals surface area contributed by atoms with E-state index in [1.54, 1.807) is 12.1 Å². The molecule has 0 fully saturated rings. The Balaban J connectivity index is 2.32. The Morgan fingerprint density at radius 1 is 1.43 bits per heavy atom. The van der Waals surface area contributed by atoms with Crippen molar-refractivity contribution < 1.29 is 14.5 Å². The van der Waals surface area contributed by atoms with Crippen molar-refractivity contribution in [3.05, 3.63) is 40.6 Å². The number of nitro groups is 1. The van der Waals surface area contributed by atoms with Crippen LogP contribution >= 0.6 is 0 Å². The van der Waals surface area contributed by atoms with Crippen LogP contribution in [-0.2, 0) is 4.79 Å². The molecule has 0 amide bonds. The van der Waals surface area contributed by atoms with Crippen LogP contribution in [0.4, 0.5) is 5.69 Å². The Bertz CT molecular complexity index is 684. The molecular weight excluding hydrogens is 272 g/mol. The lowest BCUT2D eigenvalue weighted by Gasteiger charge is -2.11. The number of Topliss-reactive ketones (excluding diaryl/α,β-unsaturated/α-hetero) is 1. The largest absolute Gasteiger partial charge is 0.485 e. The van der Waals surface area contributed by atoms with E-state index >= 15 is 0 Å². The summed E-state index contributed by atoms with van der Waals surface area (Å²) in [5, 5.41) is 11.5. The quantitative estimate of drug-likeness (QED) is 0.602. The number of aromatic nitrogens is 1. The molecular formula is C15H16N2O4. The van der Waals surface area contributed by atoms with E-state index in [1.165, 1.54) is 18.3 Å². The summed E-state index contributed by atoms with van der Waals surface area (Å²) in [5.74, 6) is 0.376. The molecule has 21 heavy (non-hydrogen) atoms. The topological polar surface area (TPSA) is 82.3 Å². The van der Waals surface area contributed by atoms with Crippen molar-refractivity contribution in [1.82, 2.24) is 4.98 Å². The van der Waals surface area contributed by atoms with Crippen LogP contribution < -0.4 is 4.74 Å². The number of pyridine rings is 1. The fourth-order valence-electron chi connectivity index (χ4n) is 1.92. The number of fused-ring (bicyclic) bond motifs is 1. The van der Waals surface area contributed by atoms with Gasteiger partial charge in [-0.3, -0.25) is 14.9 Å². The molecule has 0 saturated heterocycles. The predicted molar refractivity (Wildman–Crippen MR) is 78.4 cm³/mol. The maximum absolute atomic E-state index is 11.8. The molecule has 1 atom stereocenters. The molecule has 0 bridgehead atoms. The number of benzene rings is 1. The van der Waals surface area contributed by atoms with Crippen molar-refractivity contribution in [2.24, 2.45) is 5.92 Å². The fraction of sp³-hybridized carbons (Fsp3) is 0.333. The van der Waals surface area contributed by atoms with Gasteiger partial charge < -0.3 is 4.74 Å². The Labute approximate surface area is 121 Å². The Kier molecular flexibility index (Phi) is 4.47. The van der Waals surface area contributed by atoms with Crippen LogP contribution in [0.2, 0.25) is 0 Å². The van der Waals surface area contributed by atoms with Crippen molar-refractivity contribution in [1.29, 1.82) is 0 Å². The van der Waals surface area contributed by atoms with E-state index in [4.69, 9.17) is 4.74 Å². The number of rotatable bonds is 6. The highest BCUT2D eigenvalue weighted by atomic mass is 16.6. The third kappa shape index (κ3) is 3.16. The number of nitro benzene ring substituents is 1. The molecule has 0 aliphatic heterocycles. The van der Waals surface area contributed by atoms with Crippen molar-refractivity contribution in [2.45, 2.75) is 20.3 Å². The van der Waals surface area contributed by atoms with E-state index in [0.29, 0.717) is 11.1 Å². The van der Waals surface area contributed by atoms with Crippen LogP contribution in [0.1, 0.15) is 20.3 Å². The summed E-state index contributed by atoms with van der Waals surface area (Å²) in [7, 11) is 0. The molecule has 2 aromatic rings. The third-order valence-corrected chi connectivity index (χ3v) is 3.44. The number of ether oxygens (including phenoxy) is 1. The van der Waals surface area contributed by atoms with Crippen LogP contribution in [0, 0.1) is 16.0 Å². The van der Waals surface area contributed by atoms with Gasteiger partial charge in [-0.2, -0.15) is 0 Å². The first-order valence-corrected chi connectivity index (χ1v) is 6.72. The van der Waals surface area contributed by atoms with Crippen LogP contribution in [-0.4, -0.2) is 22.3 Å². The summed E-state index contributed by atoms with van der Waals surface area (Å²) >= 11 is 0. The van der Waals surface area contributed by atoms with Crippen molar-refractivity contribution in [3.8, 4) is 5.75 Å².